The van der Waals surface area contributed by atoms with Gasteiger partial charge in [-0.25, -0.2) is 0 Å². The van der Waals surface area contributed by atoms with E-state index in [1.165, 1.54) is 5.92 Å². The molecule has 0 spiro atoms. The molecule has 4 heteroatoms. The molecule has 0 aliphatic rings. The maximum atomic E-state index is 2.08. The minimum atomic E-state index is 0. The predicted molar refractivity (Wildman–Crippen MR) is 20.3 cm³/mol. The third-order valence-corrected chi connectivity index (χ3v) is 0. The van der Waals surface area contributed by atoms with Crippen LogP contribution >= 0.6 is 0 Å². The molecule has 0 bridgehead atoms. The van der Waals surface area contributed by atoms with E-state index in [-0.39, 0.29) is 58.9 Å². The molecule has 0 atom stereocenters. The summed E-state index contributed by atoms with van der Waals surface area (Å²) in [6.07, 6.45) is 0. The molecule has 0 aliphatic heterocycles. The van der Waals surface area contributed by atoms with Crippen LogP contribution in [0.2, 0.25) is 0 Å². The van der Waals surface area contributed by atoms with Crippen molar-refractivity contribution in [1.82, 2.24) is 0 Å². The molecule has 0 aromatic rings. The molecule has 0 saturated carbocycles. The Bertz CT molecular complexity index is 16.0. The van der Waals surface area contributed by atoms with Gasteiger partial charge in [-0.2, -0.15) is 20.8 Å². The molecule has 0 fully saturated rings. The fourth-order valence-electron chi connectivity index (χ4n) is 0. The Kier molecular flexibility index (Phi) is 98.7. The van der Waals surface area contributed by atoms with Gasteiger partial charge in [-0.1, -0.05) is 0 Å². The van der Waals surface area contributed by atoms with Gasteiger partial charge in [-0.05, 0) is 0 Å². The van der Waals surface area contributed by atoms with E-state index in [2.05, 4.69) is 20.8 Å². The van der Waals surface area contributed by atoms with Crippen LogP contribution in [-0.2, 0) is 21.7 Å². The second-order valence-corrected chi connectivity index (χ2v) is 1.50. The van der Waals surface area contributed by atoms with Gasteiger partial charge in [0.15, 0.2) is 0 Å². The first-order chi connectivity index (χ1) is 1.73. The van der Waals surface area contributed by atoms with Gasteiger partial charge in [0.25, 0.3) is 0 Å². The molecule has 0 aromatic carbocycles. The van der Waals surface area contributed by atoms with Gasteiger partial charge < -0.3 is 43.1 Å². The quantitative estimate of drug-likeness (QED) is 0.276. The Hall–Kier alpha value is 1.58. The molecular formula is C4H9Cl3Ti. The van der Waals surface area contributed by atoms with Gasteiger partial charge >= 0.3 is 21.7 Å². The fraction of sp³-hybridized carbons (Fsp3) is 0.750. The molecule has 0 aliphatic carbocycles. The summed E-state index contributed by atoms with van der Waals surface area (Å²) in [6.45, 7) is 6.25. The van der Waals surface area contributed by atoms with Crippen LogP contribution in [0.1, 0.15) is 20.8 Å². The van der Waals surface area contributed by atoms with Crippen LogP contribution in [0, 0.1) is 5.92 Å². The van der Waals surface area contributed by atoms with E-state index in [0.29, 0.717) is 0 Å². The minimum absolute atomic E-state index is 0. The smallest absolute Gasteiger partial charge is 1.00 e. The van der Waals surface area contributed by atoms with E-state index in [1.807, 2.05) is 0 Å². The molecule has 0 N–H and O–H groups in total. The van der Waals surface area contributed by atoms with Gasteiger partial charge in [0.2, 0.25) is 0 Å². The van der Waals surface area contributed by atoms with Crippen molar-refractivity contribution in [3.8, 4) is 0 Å². The maximum absolute atomic E-state index is 2.08. The molecule has 0 unspecified atom stereocenters. The topological polar surface area (TPSA) is 0 Å². The largest absolute Gasteiger partial charge is 4.00 e. The van der Waals surface area contributed by atoms with Crippen molar-refractivity contribution >= 4 is 0 Å². The standard InChI is InChI=1S/C4H9.3ClH.Ti/c1-4(2)3;;;;/h1-3H3;3*1H;/q-1;;;;+4/p-3. The Morgan fingerprint density at radius 3 is 0.750 bits per heavy atom. The number of halogens is 3. The van der Waals surface area contributed by atoms with E-state index in [0.717, 1.165) is 0 Å². The van der Waals surface area contributed by atoms with Crippen LogP contribution < -0.4 is 37.2 Å². The first kappa shape index (κ1) is 33.6. The van der Waals surface area contributed by atoms with Crippen LogP contribution in [-0.4, -0.2) is 0 Å². The predicted octanol–water partition coefficient (Wildman–Crippen LogP) is -7.37. The number of hydrogen-bond acceptors (Lipinski definition) is 0. The van der Waals surface area contributed by atoms with Gasteiger partial charge in [0, 0.05) is 0 Å². The van der Waals surface area contributed by atoms with E-state index in [9.17, 15) is 0 Å². The summed E-state index contributed by atoms with van der Waals surface area (Å²) in [5.74, 6) is 1.42. The SMILES string of the molecule is C[C-](C)C.[Cl-].[Cl-].[Cl-].[Ti+4]. The molecule has 0 saturated heterocycles. The van der Waals surface area contributed by atoms with Crippen molar-refractivity contribution in [3.05, 3.63) is 5.92 Å². The van der Waals surface area contributed by atoms with E-state index < -0.39 is 0 Å². The summed E-state index contributed by atoms with van der Waals surface area (Å²) in [5, 5.41) is 0. The van der Waals surface area contributed by atoms with Crippen LogP contribution in [0.25, 0.3) is 0 Å². The van der Waals surface area contributed by atoms with Crippen LogP contribution in [0.4, 0.5) is 0 Å². The van der Waals surface area contributed by atoms with Crippen molar-refractivity contribution in [2.24, 2.45) is 0 Å². The summed E-state index contributed by atoms with van der Waals surface area (Å²) in [6, 6.07) is 0. The first-order valence-electron chi connectivity index (χ1n) is 1.50. The normalized spacial score (nSPS) is 4.50. The molecule has 0 rings (SSSR count). The van der Waals surface area contributed by atoms with Gasteiger partial charge in [0.1, 0.15) is 0 Å². The molecule has 50 valence electrons. The molecule has 8 heavy (non-hydrogen) atoms. The Morgan fingerprint density at radius 2 is 0.750 bits per heavy atom. The summed E-state index contributed by atoms with van der Waals surface area (Å²) < 4.78 is 0. The Balaban J connectivity index is -0.00000000750. The van der Waals surface area contributed by atoms with Gasteiger partial charge in [0.05, 0.1) is 0 Å². The van der Waals surface area contributed by atoms with E-state index in [4.69, 9.17) is 0 Å². The summed E-state index contributed by atoms with van der Waals surface area (Å²) in [7, 11) is 0. The molecule has 0 amide bonds. The molecule has 0 heterocycles. The zero-order chi connectivity index (χ0) is 3.58. The zero-order valence-electron chi connectivity index (χ0n) is 5.13. The maximum Gasteiger partial charge on any atom is 4.00 e. The number of hydrogen-bond donors (Lipinski definition) is 0. The van der Waals surface area contributed by atoms with Crippen molar-refractivity contribution in [2.75, 3.05) is 0 Å². The number of rotatable bonds is 0. The molecular weight excluding hydrogens is 202 g/mol. The average Bonchev–Trinajstić information content (AvgIpc) is 0.811. The van der Waals surface area contributed by atoms with Crippen LogP contribution in [0.5, 0.6) is 0 Å². The van der Waals surface area contributed by atoms with Crippen LogP contribution in [0.3, 0.4) is 0 Å². The van der Waals surface area contributed by atoms with Crippen molar-refractivity contribution in [1.29, 1.82) is 0 Å². The van der Waals surface area contributed by atoms with Crippen molar-refractivity contribution < 1.29 is 58.9 Å². The molecule has 0 nitrogen and oxygen atoms in total. The summed E-state index contributed by atoms with van der Waals surface area (Å²) >= 11 is 0. The molecule has 0 radical (unpaired) electrons. The minimum Gasteiger partial charge on any atom is -1.00 e. The second kappa shape index (κ2) is 23.5. The Labute approximate surface area is 85.3 Å². The van der Waals surface area contributed by atoms with E-state index in [1.54, 1.807) is 0 Å². The second-order valence-electron chi connectivity index (χ2n) is 1.50. The Morgan fingerprint density at radius 1 is 0.750 bits per heavy atom. The van der Waals surface area contributed by atoms with Gasteiger partial charge in [-0.15, -0.1) is 0 Å². The monoisotopic (exact) mass is 210 g/mol. The summed E-state index contributed by atoms with van der Waals surface area (Å²) in [5.41, 5.74) is 0. The molecule has 0 aromatic heterocycles. The van der Waals surface area contributed by atoms with Crippen molar-refractivity contribution in [2.45, 2.75) is 20.8 Å². The van der Waals surface area contributed by atoms with E-state index >= 15 is 0 Å². The first-order valence-corrected chi connectivity index (χ1v) is 1.50. The van der Waals surface area contributed by atoms with Crippen LogP contribution in [0.15, 0.2) is 0 Å². The summed E-state index contributed by atoms with van der Waals surface area (Å²) in [4.78, 5) is 0. The zero-order valence-corrected chi connectivity index (χ0v) is 8.96. The van der Waals surface area contributed by atoms with Gasteiger partial charge in [-0.3, -0.25) is 0 Å². The average molecular weight is 211 g/mol. The fourth-order valence-corrected chi connectivity index (χ4v) is 0. The third kappa shape index (κ3) is 131. The van der Waals surface area contributed by atoms with Crippen molar-refractivity contribution in [3.63, 3.8) is 0 Å². The third-order valence-electron chi connectivity index (χ3n) is 0.